The Labute approximate surface area is 158 Å². The van der Waals surface area contributed by atoms with Gasteiger partial charge in [0.25, 0.3) is 0 Å². The van der Waals surface area contributed by atoms with Gasteiger partial charge in [0.05, 0.1) is 11.4 Å². The molecular weight excluding hydrogens is 338 g/mol. The van der Waals surface area contributed by atoms with Crippen molar-refractivity contribution in [3.63, 3.8) is 0 Å². The molecule has 0 amide bonds. The minimum atomic E-state index is -0.736. The molecule has 1 aromatic heterocycles. The fourth-order valence-corrected chi connectivity index (χ4v) is 3.82. The number of benzene rings is 2. The van der Waals surface area contributed by atoms with E-state index in [4.69, 9.17) is 5.10 Å². The van der Waals surface area contributed by atoms with Crippen LogP contribution in [0.1, 0.15) is 24.0 Å². The minimum absolute atomic E-state index is 0.408. The summed E-state index contributed by atoms with van der Waals surface area (Å²) in [5, 5.41) is 14.4. The van der Waals surface area contributed by atoms with Crippen molar-refractivity contribution in [2.24, 2.45) is 0 Å². The average molecular weight is 361 g/mol. The number of nitrogens with zero attached hydrogens (tertiary/aromatic N) is 3. The lowest BCUT2D eigenvalue weighted by atomic mass is 10.0. The van der Waals surface area contributed by atoms with E-state index in [0.717, 1.165) is 41.0 Å². The number of hydrogen-bond acceptors (Lipinski definition) is 3. The van der Waals surface area contributed by atoms with Crippen molar-refractivity contribution in [1.29, 1.82) is 0 Å². The molecule has 1 saturated heterocycles. The van der Waals surface area contributed by atoms with Crippen LogP contribution in [0.5, 0.6) is 0 Å². The molecule has 0 saturated carbocycles. The molecule has 0 spiro atoms. The number of carbonyl (C=O) groups is 1. The van der Waals surface area contributed by atoms with Crippen LogP contribution in [0.2, 0.25) is 0 Å². The van der Waals surface area contributed by atoms with E-state index in [1.807, 2.05) is 53.3 Å². The van der Waals surface area contributed by atoms with Crippen LogP contribution in [0.3, 0.4) is 0 Å². The topological polar surface area (TPSA) is 58.4 Å². The summed E-state index contributed by atoms with van der Waals surface area (Å²) in [4.78, 5) is 13.6. The molecule has 1 aliphatic rings. The van der Waals surface area contributed by atoms with Gasteiger partial charge >= 0.3 is 5.97 Å². The molecule has 0 unspecified atom stereocenters. The minimum Gasteiger partial charge on any atom is -0.480 e. The van der Waals surface area contributed by atoms with E-state index in [9.17, 15) is 9.90 Å². The number of hydrogen-bond donors (Lipinski definition) is 1. The molecule has 5 heteroatoms. The normalized spacial score (nSPS) is 17.3. The van der Waals surface area contributed by atoms with Crippen molar-refractivity contribution in [2.75, 3.05) is 6.54 Å². The van der Waals surface area contributed by atoms with E-state index in [1.165, 1.54) is 0 Å². The summed E-state index contributed by atoms with van der Waals surface area (Å²) < 4.78 is 1.89. The highest BCUT2D eigenvalue weighted by atomic mass is 16.4. The maximum absolute atomic E-state index is 11.6. The number of rotatable bonds is 5. The van der Waals surface area contributed by atoms with Crippen LogP contribution >= 0.6 is 0 Å². The molecule has 0 radical (unpaired) electrons. The van der Waals surface area contributed by atoms with Crippen molar-refractivity contribution in [2.45, 2.75) is 32.4 Å². The van der Waals surface area contributed by atoms with E-state index in [0.29, 0.717) is 13.0 Å². The smallest absolute Gasteiger partial charge is 0.320 e. The third kappa shape index (κ3) is 3.51. The summed E-state index contributed by atoms with van der Waals surface area (Å²) in [7, 11) is 0. The van der Waals surface area contributed by atoms with Crippen LogP contribution in [0.4, 0.5) is 0 Å². The maximum atomic E-state index is 11.6. The van der Waals surface area contributed by atoms with Gasteiger partial charge in [-0.1, -0.05) is 42.5 Å². The zero-order chi connectivity index (χ0) is 18.8. The molecule has 1 aliphatic heterocycles. The quantitative estimate of drug-likeness (QED) is 0.749. The standard InChI is InChI=1S/C22H23N3O2/c1-16-8-5-6-11-19(16)21-17(14-24-13-7-12-20(24)22(26)27)15-25(23-21)18-9-3-2-4-10-18/h2-6,8-11,15,20H,7,12-14H2,1H3,(H,26,27)/t20-/m1/s1. The Morgan fingerprint density at radius 1 is 1.15 bits per heavy atom. The second-order valence-electron chi connectivity index (χ2n) is 7.06. The monoisotopic (exact) mass is 361 g/mol. The van der Waals surface area contributed by atoms with E-state index < -0.39 is 12.0 Å². The third-order valence-electron chi connectivity index (χ3n) is 5.23. The number of carboxylic acids is 1. The number of carboxylic acid groups (broad SMARTS) is 1. The van der Waals surface area contributed by atoms with Crippen LogP contribution < -0.4 is 0 Å². The molecule has 1 atom stereocenters. The van der Waals surface area contributed by atoms with Gasteiger partial charge in [0.1, 0.15) is 6.04 Å². The second-order valence-corrected chi connectivity index (χ2v) is 7.06. The van der Waals surface area contributed by atoms with E-state index >= 15 is 0 Å². The Balaban J connectivity index is 1.76. The van der Waals surface area contributed by atoms with E-state index in [1.54, 1.807) is 0 Å². The molecule has 3 aromatic rings. The van der Waals surface area contributed by atoms with Gasteiger partial charge in [-0.25, -0.2) is 4.68 Å². The Morgan fingerprint density at radius 2 is 1.89 bits per heavy atom. The summed E-state index contributed by atoms with van der Waals surface area (Å²) in [6.07, 6.45) is 3.67. The van der Waals surface area contributed by atoms with Crippen LogP contribution in [-0.2, 0) is 11.3 Å². The average Bonchev–Trinajstić information content (AvgIpc) is 3.31. The lowest BCUT2D eigenvalue weighted by molar-refractivity contribution is -0.142. The first kappa shape index (κ1) is 17.5. The molecule has 5 nitrogen and oxygen atoms in total. The molecule has 0 aliphatic carbocycles. The van der Waals surface area contributed by atoms with Crippen LogP contribution in [0.25, 0.3) is 16.9 Å². The first-order valence-corrected chi connectivity index (χ1v) is 9.30. The predicted octanol–water partition coefficient (Wildman–Crippen LogP) is 3.90. The summed E-state index contributed by atoms with van der Waals surface area (Å²) in [6, 6.07) is 17.8. The Kier molecular flexibility index (Phi) is 4.77. The van der Waals surface area contributed by atoms with Crippen molar-refractivity contribution in [3.8, 4) is 16.9 Å². The van der Waals surface area contributed by atoms with Gasteiger partial charge in [-0.2, -0.15) is 5.10 Å². The first-order valence-electron chi connectivity index (χ1n) is 9.30. The lowest BCUT2D eigenvalue weighted by Gasteiger charge is -2.20. The molecule has 1 N–H and O–H groups in total. The zero-order valence-corrected chi connectivity index (χ0v) is 15.4. The molecule has 0 bridgehead atoms. The Bertz CT molecular complexity index is 949. The molecule has 2 heterocycles. The van der Waals surface area contributed by atoms with Gasteiger partial charge in [0, 0.05) is 23.9 Å². The Morgan fingerprint density at radius 3 is 2.63 bits per heavy atom. The van der Waals surface area contributed by atoms with Crippen molar-refractivity contribution in [3.05, 3.63) is 71.9 Å². The number of aromatic nitrogens is 2. The van der Waals surface area contributed by atoms with Crippen molar-refractivity contribution in [1.82, 2.24) is 14.7 Å². The molecule has 138 valence electrons. The Hall–Kier alpha value is -2.92. The van der Waals surface area contributed by atoms with Crippen molar-refractivity contribution >= 4 is 5.97 Å². The van der Waals surface area contributed by atoms with Crippen molar-refractivity contribution < 1.29 is 9.90 Å². The predicted molar refractivity (Wildman–Crippen MR) is 105 cm³/mol. The van der Waals surface area contributed by atoms with Crippen LogP contribution in [0.15, 0.2) is 60.8 Å². The number of aryl methyl sites for hydroxylation is 1. The van der Waals surface area contributed by atoms with Gasteiger partial charge in [-0.3, -0.25) is 9.69 Å². The number of aliphatic carboxylic acids is 1. The number of para-hydroxylation sites is 1. The van der Waals surface area contributed by atoms with Gasteiger partial charge < -0.3 is 5.11 Å². The van der Waals surface area contributed by atoms with Crippen LogP contribution in [-0.4, -0.2) is 38.3 Å². The maximum Gasteiger partial charge on any atom is 0.320 e. The molecule has 4 rings (SSSR count). The summed E-state index contributed by atoms with van der Waals surface area (Å²) >= 11 is 0. The summed E-state index contributed by atoms with van der Waals surface area (Å²) in [6.45, 7) is 3.48. The van der Waals surface area contributed by atoms with Gasteiger partial charge in [-0.05, 0) is 44.0 Å². The highest BCUT2D eigenvalue weighted by molar-refractivity contribution is 5.74. The summed E-state index contributed by atoms with van der Waals surface area (Å²) in [5.74, 6) is -0.736. The van der Waals surface area contributed by atoms with E-state index in [-0.39, 0.29) is 0 Å². The molecule has 27 heavy (non-hydrogen) atoms. The third-order valence-corrected chi connectivity index (χ3v) is 5.23. The van der Waals surface area contributed by atoms with Gasteiger partial charge in [-0.15, -0.1) is 0 Å². The highest BCUT2D eigenvalue weighted by Crippen LogP contribution is 2.29. The lowest BCUT2D eigenvalue weighted by Crippen LogP contribution is -2.35. The molecule has 1 fully saturated rings. The fraction of sp³-hybridized carbons (Fsp3) is 0.273. The number of likely N-dealkylation sites (tertiary alicyclic amines) is 1. The first-order chi connectivity index (χ1) is 13.1. The van der Waals surface area contributed by atoms with E-state index in [2.05, 4.69) is 24.0 Å². The SMILES string of the molecule is Cc1ccccc1-c1nn(-c2ccccc2)cc1CN1CCC[C@@H]1C(=O)O. The molecular formula is C22H23N3O2. The largest absolute Gasteiger partial charge is 0.480 e. The molecule has 2 aromatic carbocycles. The van der Waals surface area contributed by atoms with Gasteiger partial charge in [0.15, 0.2) is 0 Å². The fourth-order valence-electron chi connectivity index (χ4n) is 3.82. The second kappa shape index (κ2) is 7.37. The highest BCUT2D eigenvalue weighted by Gasteiger charge is 2.31. The zero-order valence-electron chi connectivity index (χ0n) is 15.4. The summed E-state index contributed by atoms with van der Waals surface area (Å²) in [5.41, 5.74) is 5.23. The van der Waals surface area contributed by atoms with Crippen LogP contribution in [0, 0.1) is 6.92 Å². The van der Waals surface area contributed by atoms with Gasteiger partial charge in [0.2, 0.25) is 0 Å².